The fourth-order valence-electron chi connectivity index (χ4n) is 5.62. The van der Waals surface area contributed by atoms with E-state index in [4.69, 9.17) is 34.3 Å². The van der Waals surface area contributed by atoms with Crippen LogP contribution in [-0.2, 0) is 28.2 Å². The van der Waals surface area contributed by atoms with Crippen molar-refractivity contribution in [1.82, 2.24) is 39.2 Å². The number of carbonyl (C=O) groups excluding carboxylic acids is 5. The van der Waals surface area contributed by atoms with E-state index >= 15 is 0 Å². The van der Waals surface area contributed by atoms with Gasteiger partial charge in [0, 0.05) is 102 Å². The van der Waals surface area contributed by atoms with E-state index in [1.54, 1.807) is 44.6 Å². The van der Waals surface area contributed by atoms with Gasteiger partial charge in [-0.1, -0.05) is 0 Å². The highest BCUT2D eigenvalue weighted by molar-refractivity contribution is 6.18. The van der Waals surface area contributed by atoms with Gasteiger partial charge in [0.05, 0.1) is 11.5 Å². The fraction of sp³-hybridized carbons (Fsp3) is 0.286. The Morgan fingerprint density at radius 1 is 0.672 bits per heavy atom. The molecule has 0 radical (unpaired) electrons. The summed E-state index contributed by atoms with van der Waals surface area (Å²) in [6.45, 7) is 1.39. The van der Waals surface area contributed by atoms with Gasteiger partial charge in [0.25, 0.3) is 29.5 Å². The standard InChI is InChI=1S/C35H41Cl2N15O5.ClH/c1-48-19-21(41-34(56)25-17-28(45-50(25)3)42-31(53)20-5-7-22(8-6-20)52(13-10-36)14-11-37)15-23(48)33(55)43-30-18-26(51(4)47-30)35(57)44-29-16-24(49(2)46-29)32(54)40-12-9-27(38)39;/h5-8,15-19H,9-14H2,1-4H3,(H3,38,39)(H,40,54)(H,41,56)(H,42,45,53)(H,43,47,55)(H,44,46,57);1H. The molecule has 0 bridgehead atoms. The Kier molecular flexibility index (Phi) is 15.0. The summed E-state index contributed by atoms with van der Waals surface area (Å²) in [5.74, 6) is -1.45. The third kappa shape index (κ3) is 10.9. The number of nitrogens with one attached hydrogen (secondary N) is 6. The molecule has 23 heteroatoms. The molecule has 5 aromatic rings. The Bertz CT molecular complexity index is 2310. The molecular weight excluding hydrogens is 817 g/mol. The van der Waals surface area contributed by atoms with Gasteiger partial charge >= 0.3 is 0 Å². The highest BCUT2D eigenvalue weighted by Gasteiger charge is 2.22. The van der Waals surface area contributed by atoms with Crippen LogP contribution in [0.1, 0.15) is 58.7 Å². The molecule has 1 aromatic carbocycles. The zero-order chi connectivity index (χ0) is 41.4. The minimum Gasteiger partial charge on any atom is -0.388 e. The summed E-state index contributed by atoms with van der Waals surface area (Å²) in [5.41, 5.74) is 7.46. The summed E-state index contributed by atoms with van der Waals surface area (Å²) in [6, 6.07) is 12.6. The molecule has 0 saturated carbocycles. The maximum Gasteiger partial charge on any atom is 0.275 e. The average Bonchev–Trinajstić information content (AvgIpc) is 3.92. The molecule has 0 aliphatic rings. The molecule has 308 valence electrons. The van der Waals surface area contributed by atoms with Crippen molar-refractivity contribution in [2.45, 2.75) is 6.42 Å². The molecule has 0 unspecified atom stereocenters. The topological polar surface area (TPSA) is 257 Å². The smallest absolute Gasteiger partial charge is 0.275 e. The zero-order valence-corrected chi connectivity index (χ0v) is 34.1. The van der Waals surface area contributed by atoms with E-state index in [1.165, 1.54) is 57.0 Å². The molecule has 5 rings (SSSR count). The Balaban J connectivity index is 0.00000744. The number of aryl methyl sites for hydroxylation is 4. The SMILES string of the molecule is Cl.Cn1cc(NC(=O)c2cc(NC(=O)c3ccc(N(CCCl)CCCl)cc3)nn2C)cc1C(=O)Nc1cc(C(=O)Nc2cc(C(=O)NCCC(=N)N)n(C)n2)n(C)n1. The third-order valence-electron chi connectivity index (χ3n) is 8.44. The van der Waals surface area contributed by atoms with Crippen LogP contribution in [0.2, 0.25) is 0 Å². The van der Waals surface area contributed by atoms with Crippen molar-refractivity contribution in [1.29, 1.82) is 5.41 Å². The summed E-state index contributed by atoms with van der Waals surface area (Å²) in [7, 11) is 6.22. The number of halogens is 3. The Hall–Kier alpha value is -6.38. The average molecular weight is 859 g/mol. The molecule has 0 atom stereocenters. The molecule has 8 N–H and O–H groups in total. The second-order valence-electron chi connectivity index (χ2n) is 12.6. The van der Waals surface area contributed by atoms with Crippen LogP contribution in [0, 0.1) is 5.41 Å². The first kappa shape index (κ1) is 44.3. The fourth-order valence-corrected chi connectivity index (χ4v) is 6.03. The molecule has 4 aromatic heterocycles. The molecule has 0 aliphatic carbocycles. The van der Waals surface area contributed by atoms with Gasteiger partial charge in [0.2, 0.25) is 0 Å². The van der Waals surface area contributed by atoms with E-state index in [0.717, 1.165) is 5.69 Å². The molecule has 5 amide bonds. The maximum atomic E-state index is 13.3. The number of alkyl halides is 2. The predicted molar refractivity (Wildman–Crippen MR) is 223 cm³/mol. The first-order chi connectivity index (χ1) is 27.2. The number of nitrogens with two attached hydrogens (primary N) is 1. The number of anilines is 5. The normalized spacial score (nSPS) is 10.7. The minimum atomic E-state index is -0.601. The number of aromatic nitrogens is 7. The first-order valence-corrected chi connectivity index (χ1v) is 18.4. The summed E-state index contributed by atoms with van der Waals surface area (Å²) in [5, 5.41) is 33.2. The molecule has 4 heterocycles. The lowest BCUT2D eigenvalue weighted by atomic mass is 10.2. The van der Waals surface area contributed by atoms with Gasteiger partial charge in [-0.2, -0.15) is 15.3 Å². The van der Waals surface area contributed by atoms with Crippen molar-refractivity contribution in [2.75, 3.05) is 57.6 Å². The molecule has 58 heavy (non-hydrogen) atoms. The maximum absolute atomic E-state index is 13.3. The lowest BCUT2D eigenvalue weighted by molar-refractivity contribution is 0.0942. The summed E-state index contributed by atoms with van der Waals surface area (Å²) < 4.78 is 5.38. The Morgan fingerprint density at radius 3 is 1.60 bits per heavy atom. The van der Waals surface area contributed by atoms with E-state index < -0.39 is 29.5 Å². The number of amidine groups is 1. The largest absolute Gasteiger partial charge is 0.388 e. The van der Waals surface area contributed by atoms with Crippen LogP contribution in [-0.4, -0.2) is 101 Å². The number of hydrogen-bond donors (Lipinski definition) is 7. The molecule has 0 aliphatic heterocycles. The number of benzene rings is 1. The van der Waals surface area contributed by atoms with Gasteiger partial charge < -0.3 is 41.8 Å². The van der Waals surface area contributed by atoms with Crippen LogP contribution in [0.25, 0.3) is 0 Å². The monoisotopic (exact) mass is 857 g/mol. The van der Waals surface area contributed by atoms with Gasteiger partial charge in [0.15, 0.2) is 17.5 Å². The lowest BCUT2D eigenvalue weighted by Gasteiger charge is -2.22. The van der Waals surface area contributed by atoms with Gasteiger partial charge in [-0.3, -0.25) is 43.4 Å². The number of amides is 5. The van der Waals surface area contributed by atoms with Gasteiger partial charge in [-0.15, -0.1) is 35.6 Å². The van der Waals surface area contributed by atoms with Crippen LogP contribution in [0.3, 0.4) is 0 Å². The number of hydrogen-bond acceptors (Lipinski definition) is 10. The second-order valence-corrected chi connectivity index (χ2v) is 13.4. The second kappa shape index (κ2) is 19.7. The van der Waals surface area contributed by atoms with Crippen molar-refractivity contribution in [3.05, 3.63) is 83.1 Å². The van der Waals surface area contributed by atoms with Crippen LogP contribution in [0.15, 0.2) is 54.7 Å². The van der Waals surface area contributed by atoms with E-state index in [0.29, 0.717) is 36.1 Å². The van der Waals surface area contributed by atoms with Gasteiger partial charge in [-0.25, -0.2) is 0 Å². The van der Waals surface area contributed by atoms with E-state index in [2.05, 4.69) is 41.9 Å². The summed E-state index contributed by atoms with van der Waals surface area (Å²) in [4.78, 5) is 67.0. The van der Waals surface area contributed by atoms with Crippen molar-refractivity contribution in [2.24, 2.45) is 33.9 Å². The number of carbonyl (C=O) groups is 5. The minimum absolute atomic E-state index is 0. The van der Waals surface area contributed by atoms with E-state index in [1.807, 2.05) is 4.90 Å². The van der Waals surface area contributed by atoms with Gasteiger partial charge in [0.1, 0.15) is 22.8 Å². The molecule has 0 spiro atoms. The quantitative estimate of drug-likeness (QED) is 0.0409. The van der Waals surface area contributed by atoms with Gasteiger partial charge in [-0.05, 0) is 30.3 Å². The van der Waals surface area contributed by atoms with E-state index in [9.17, 15) is 24.0 Å². The van der Waals surface area contributed by atoms with Crippen molar-refractivity contribution in [3.8, 4) is 0 Å². The number of rotatable bonds is 17. The van der Waals surface area contributed by atoms with Crippen LogP contribution in [0.4, 0.5) is 28.8 Å². The Labute approximate surface area is 348 Å². The molecule has 0 fully saturated rings. The first-order valence-electron chi connectivity index (χ1n) is 17.3. The predicted octanol–water partition coefficient (Wildman–Crippen LogP) is 3.00. The lowest BCUT2D eigenvalue weighted by Crippen LogP contribution is -2.29. The van der Waals surface area contributed by atoms with Crippen molar-refractivity contribution in [3.63, 3.8) is 0 Å². The van der Waals surface area contributed by atoms with Crippen molar-refractivity contribution < 1.29 is 24.0 Å². The Morgan fingerprint density at radius 2 is 1.12 bits per heavy atom. The highest BCUT2D eigenvalue weighted by Crippen LogP contribution is 2.20. The van der Waals surface area contributed by atoms with Crippen LogP contribution >= 0.6 is 35.6 Å². The van der Waals surface area contributed by atoms with Crippen LogP contribution in [0.5, 0.6) is 0 Å². The number of nitrogens with zero attached hydrogens (tertiary/aromatic N) is 8. The summed E-state index contributed by atoms with van der Waals surface area (Å²) >= 11 is 11.8. The molecular formula is C35H42Cl3N15O5. The van der Waals surface area contributed by atoms with Crippen LogP contribution < -0.4 is 37.2 Å². The highest BCUT2D eigenvalue weighted by atomic mass is 35.5. The zero-order valence-electron chi connectivity index (χ0n) is 31.8. The molecule has 0 saturated heterocycles. The summed E-state index contributed by atoms with van der Waals surface area (Å²) in [6.07, 6.45) is 1.73. The van der Waals surface area contributed by atoms with Crippen molar-refractivity contribution >= 4 is 99.8 Å². The molecule has 20 nitrogen and oxygen atoms in total. The van der Waals surface area contributed by atoms with E-state index in [-0.39, 0.29) is 71.4 Å². The third-order valence-corrected chi connectivity index (χ3v) is 8.78.